The summed E-state index contributed by atoms with van der Waals surface area (Å²) < 4.78 is 0. The molecule has 0 unspecified atom stereocenters. The first-order valence-corrected chi connectivity index (χ1v) is 4.59. The van der Waals surface area contributed by atoms with Crippen molar-refractivity contribution in [3.05, 3.63) is 35.4 Å². The van der Waals surface area contributed by atoms with Crippen LogP contribution in [0.3, 0.4) is 0 Å². The zero-order chi connectivity index (χ0) is 10.4. The summed E-state index contributed by atoms with van der Waals surface area (Å²) in [5.41, 5.74) is 4.69. The molecule has 3 nitrogen and oxygen atoms in total. The summed E-state index contributed by atoms with van der Waals surface area (Å²) in [5, 5.41) is 0. The highest BCUT2D eigenvalue weighted by molar-refractivity contribution is 5.74. The van der Waals surface area contributed by atoms with Crippen LogP contribution < -0.4 is 5.48 Å². The Labute approximate surface area is 84.0 Å². The lowest BCUT2D eigenvalue weighted by atomic mass is 10.1. The number of hydroxylamine groups is 1. The fourth-order valence-corrected chi connectivity index (χ4v) is 1.18. The van der Waals surface area contributed by atoms with Gasteiger partial charge in [0.25, 0.3) is 0 Å². The number of aryl methyl sites for hydroxylation is 2. The number of carbonyl (C=O) groups excluding carboxylic acids is 1. The lowest BCUT2D eigenvalue weighted by Gasteiger charge is -2.02. The van der Waals surface area contributed by atoms with Gasteiger partial charge in [0, 0.05) is 6.42 Å². The molecule has 0 radical (unpaired) electrons. The Morgan fingerprint density at radius 2 is 2.00 bits per heavy atom. The van der Waals surface area contributed by atoms with E-state index >= 15 is 0 Å². The summed E-state index contributed by atoms with van der Waals surface area (Å²) in [6, 6.07) is 8.16. The third-order valence-corrected chi connectivity index (χ3v) is 1.98. The average molecular weight is 193 g/mol. The molecule has 1 rings (SSSR count). The lowest BCUT2D eigenvalue weighted by Crippen LogP contribution is -2.21. The molecule has 0 atom stereocenters. The first-order valence-electron chi connectivity index (χ1n) is 4.59. The average Bonchev–Trinajstić information content (AvgIpc) is 2.17. The molecule has 0 aliphatic heterocycles. The maximum atomic E-state index is 11.0. The van der Waals surface area contributed by atoms with Gasteiger partial charge in [-0.3, -0.25) is 9.63 Å². The number of hydrogen-bond acceptors (Lipinski definition) is 2. The molecule has 0 spiro atoms. The van der Waals surface area contributed by atoms with Gasteiger partial charge in [-0.1, -0.05) is 29.8 Å². The number of rotatable bonds is 4. The van der Waals surface area contributed by atoms with Crippen LogP contribution in [0.15, 0.2) is 24.3 Å². The predicted molar refractivity (Wildman–Crippen MR) is 54.7 cm³/mol. The van der Waals surface area contributed by atoms with E-state index in [2.05, 4.69) is 10.3 Å². The van der Waals surface area contributed by atoms with E-state index in [9.17, 15) is 4.79 Å². The smallest absolute Gasteiger partial charge is 0.243 e. The lowest BCUT2D eigenvalue weighted by molar-refractivity contribution is -0.131. The van der Waals surface area contributed by atoms with Gasteiger partial charge in [-0.05, 0) is 18.9 Å². The van der Waals surface area contributed by atoms with Crippen LogP contribution in [0, 0.1) is 6.92 Å². The zero-order valence-electron chi connectivity index (χ0n) is 8.54. The molecular weight excluding hydrogens is 178 g/mol. The van der Waals surface area contributed by atoms with Gasteiger partial charge in [-0.15, -0.1) is 0 Å². The van der Waals surface area contributed by atoms with Crippen molar-refractivity contribution < 1.29 is 9.63 Å². The summed E-state index contributed by atoms with van der Waals surface area (Å²) in [6.07, 6.45) is 1.20. The van der Waals surface area contributed by atoms with E-state index in [0.717, 1.165) is 6.42 Å². The topological polar surface area (TPSA) is 38.3 Å². The Hall–Kier alpha value is -1.35. The Balaban J connectivity index is 2.38. The Morgan fingerprint density at radius 1 is 1.36 bits per heavy atom. The van der Waals surface area contributed by atoms with E-state index in [-0.39, 0.29) is 5.91 Å². The third kappa shape index (κ3) is 3.58. The third-order valence-electron chi connectivity index (χ3n) is 1.98. The molecule has 0 heterocycles. The summed E-state index contributed by atoms with van der Waals surface area (Å²) in [5.74, 6) is -0.0897. The molecule has 0 saturated carbocycles. The second-order valence-corrected chi connectivity index (χ2v) is 3.21. The molecule has 1 N–H and O–H groups in total. The van der Waals surface area contributed by atoms with E-state index in [1.807, 2.05) is 31.2 Å². The molecule has 1 amide bonds. The fourth-order valence-electron chi connectivity index (χ4n) is 1.18. The zero-order valence-corrected chi connectivity index (χ0v) is 8.54. The van der Waals surface area contributed by atoms with Gasteiger partial charge in [-0.2, -0.15) is 0 Å². The van der Waals surface area contributed by atoms with Crippen molar-refractivity contribution in [3.63, 3.8) is 0 Å². The number of carbonyl (C=O) groups is 1. The molecule has 0 saturated heterocycles. The Bertz CT molecular complexity index is 293. The van der Waals surface area contributed by atoms with Crippen molar-refractivity contribution >= 4 is 5.91 Å². The maximum absolute atomic E-state index is 11.0. The van der Waals surface area contributed by atoms with Crippen molar-refractivity contribution in [2.75, 3.05) is 7.11 Å². The highest BCUT2D eigenvalue weighted by Crippen LogP contribution is 2.05. The largest absolute Gasteiger partial charge is 0.277 e. The van der Waals surface area contributed by atoms with Gasteiger partial charge in [0.1, 0.15) is 0 Å². The Kier molecular flexibility index (Phi) is 4.13. The molecule has 1 aromatic carbocycles. The second-order valence-electron chi connectivity index (χ2n) is 3.21. The summed E-state index contributed by atoms with van der Waals surface area (Å²) >= 11 is 0. The molecule has 0 aliphatic rings. The summed E-state index contributed by atoms with van der Waals surface area (Å²) in [4.78, 5) is 15.6. The van der Waals surface area contributed by atoms with Gasteiger partial charge in [-0.25, -0.2) is 5.48 Å². The minimum Gasteiger partial charge on any atom is -0.277 e. The predicted octanol–water partition coefficient (Wildman–Crippen LogP) is 1.61. The van der Waals surface area contributed by atoms with E-state index in [1.54, 1.807) is 0 Å². The Morgan fingerprint density at radius 3 is 2.57 bits per heavy atom. The molecule has 76 valence electrons. The number of hydrogen-bond donors (Lipinski definition) is 1. The van der Waals surface area contributed by atoms with E-state index in [0.29, 0.717) is 6.42 Å². The standard InChI is InChI=1S/C11H15NO2/c1-9-3-5-10(6-4-9)7-8-11(13)12-14-2/h3-6H,7-8H2,1-2H3,(H,12,13). The van der Waals surface area contributed by atoms with Crippen LogP contribution in [0.5, 0.6) is 0 Å². The van der Waals surface area contributed by atoms with E-state index in [4.69, 9.17) is 0 Å². The quantitative estimate of drug-likeness (QED) is 0.738. The molecule has 0 fully saturated rings. The van der Waals surface area contributed by atoms with Gasteiger partial charge in [0.15, 0.2) is 0 Å². The van der Waals surface area contributed by atoms with Crippen molar-refractivity contribution in [1.29, 1.82) is 0 Å². The first-order chi connectivity index (χ1) is 6.72. The van der Waals surface area contributed by atoms with Crippen molar-refractivity contribution in [3.8, 4) is 0 Å². The highest BCUT2D eigenvalue weighted by Gasteiger charge is 2.00. The normalized spacial score (nSPS) is 9.86. The molecule has 1 aromatic rings. The van der Waals surface area contributed by atoms with E-state index < -0.39 is 0 Å². The second kappa shape index (κ2) is 5.40. The van der Waals surface area contributed by atoms with Crippen molar-refractivity contribution in [1.82, 2.24) is 5.48 Å². The molecule has 0 aliphatic carbocycles. The minimum absolute atomic E-state index is 0.0897. The monoisotopic (exact) mass is 193 g/mol. The maximum Gasteiger partial charge on any atom is 0.243 e. The summed E-state index contributed by atoms with van der Waals surface area (Å²) in [7, 11) is 1.43. The molecule has 0 aromatic heterocycles. The summed E-state index contributed by atoms with van der Waals surface area (Å²) in [6.45, 7) is 2.04. The van der Waals surface area contributed by atoms with Crippen molar-refractivity contribution in [2.24, 2.45) is 0 Å². The van der Waals surface area contributed by atoms with Gasteiger partial charge in [0.05, 0.1) is 7.11 Å². The molecule has 14 heavy (non-hydrogen) atoms. The number of nitrogens with one attached hydrogen (secondary N) is 1. The van der Waals surface area contributed by atoms with Crippen LogP contribution in [0.25, 0.3) is 0 Å². The van der Waals surface area contributed by atoms with Crippen LogP contribution in [-0.4, -0.2) is 13.0 Å². The van der Waals surface area contributed by atoms with Crippen LogP contribution >= 0.6 is 0 Å². The van der Waals surface area contributed by atoms with Gasteiger partial charge in [0.2, 0.25) is 5.91 Å². The molecule has 0 bridgehead atoms. The molecule has 3 heteroatoms. The SMILES string of the molecule is CONC(=O)CCc1ccc(C)cc1. The van der Waals surface area contributed by atoms with Crippen LogP contribution in [0.1, 0.15) is 17.5 Å². The highest BCUT2D eigenvalue weighted by atomic mass is 16.6. The van der Waals surface area contributed by atoms with Gasteiger partial charge >= 0.3 is 0 Å². The molecular formula is C11H15NO2. The van der Waals surface area contributed by atoms with Crippen LogP contribution in [-0.2, 0) is 16.1 Å². The van der Waals surface area contributed by atoms with Crippen molar-refractivity contribution in [2.45, 2.75) is 19.8 Å². The number of amides is 1. The fraction of sp³-hybridized carbons (Fsp3) is 0.364. The minimum atomic E-state index is -0.0897. The van der Waals surface area contributed by atoms with E-state index in [1.165, 1.54) is 18.2 Å². The first kappa shape index (κ1) is 10.7. The van der Waals surface area contributed by atoms with Crippen LogP contribution in [0.4, 0.5) is 0 Å². The number of benzene rings is 1. The van der Waals surface area contributed by atoms with Gasteiger partial charge < -0.3 is 0 Å². The van der Waals surface area contributed by atoms with Crippen LogP contribution in [0.2, 0.25) is 0 Å².